The van der Waals surface area contributed by atoms with E-state index in [1.165, 1.54) is 29.7 Å². The number of nitrogens with one attached hydrogen (secondary N) is 2. The monoisotopic (exact) mass is 252 g/mol. The number of carbonyl (C=O) groups excluding carboxylic acids is 1. The van der Waals surface area contributed by atoms with Crippen LogP contribution in [0.5, 0.6) is 0 Å². The van der Waals surface area contributed by atoms with E-state index in [1.807, 2.05) is 25.2 Å². The van der Waals surface area contributed by atoms with Crippen molar-refractivity contribution in [3.05, 3.63) is 21.4 Å². The molecule has 0 radical (unpaired) electrons. The van der Waals surface area contributed by atoms with Crippen molar-refractivity contribution in [2.24, 2.45) is 0 Å². The summed E-state index contributed by atoms with van der Waals surface area (Å²) in [5, 5.41) is 6.09. The fourth-order valence-corrected chi connectivity index (χ4v) is 3.36. The van der Waals surface area contributed by atoms with Gasteiger partial charge in [-0.2, -0.15) is 0 Å². The molecular weight excluding hydrogens is 232 g/mol. The molecule has 1 atom stereocenters. The first-order valence-electron chi connectivity index (χ1n) is 6.32. The van der Waals surface area contributed by atoms with Gasteiger partial charge in [0, 0.05) is 22.8 Å². The van der Waals surface area contributed by atoms with E-state index in [0.29, 0.717) is 6.54 Å². The zero-order valence-corrected chi connectivity index (χ0v) is 11.3. The third kappa shape index (κ3) is 3.07. The first-order chi connectivity index (χ1) is 8.20. The summed E-state index contributed by atoms with van der Waals surface area (Å²) in [6.45, 7) is 5.34. The van der Waals surface area contributed by atoms with Crippen molar-refractivity contribution in [1.82, 2.24) is 10.6 Å². The van der Waals surface area contributed by atoms with Crippen molar-refractivity contribution in [2.45, 2.75) is 45.7 Å². The van der Waals surface area contributed by atoms with Crippen LogP contribution >= 0.6 is 11.3 Å². The van der Waals surface area contributed by atoms with Gasteiger partial charge in [-0.15, -0.1) is 11.3 Å². The molecule has 4 heteroatoms. The van der Waals surface area contributed by atoms with E-state index < -0.39 is 0 Å². The summed E-state index contributed by atoms with van der Waals surface area (Å²) in [6.07, 6.45) is 3.79. The van der Waals surface area contributed by atoms with Gasteiger partial charge in [-0.05, 0) is 44.7 Å². The Kier molecular flexibility index (Phi) is 4.18. The predicted octanol–water partition coefficient (Wildman–Crippen LogP) is 1.85. The van der Waals surface area contributed by atoms with Crippen molar-refractivity contribution in [3.63, 3.8) is 0 Å². The summed E-state index contributed by atoms with van der Waals surface area (Å²) < 4.78 is 0. The third-order valence-corrected chi connectivity index (χ3v) is 4.36. The minimum Gasteiger partial charge on any atom is -0.355 e. The van der Waals surface area contributed by atoms with Gasteiger partial charge >= 0.3 is 0 Å². The molecular formula is C13H20N2OS. The first kappa shape index (κ1) is 12.6. The molecule has 1 aliphatic rings. The van der Waals surface area contributed by atoms with Crippen molar-refractivity contribution < 1.29 is 4.79 Å². The minimum atomic E-state index is -0.119. The zero-order chi connectivity index (χ0) is 12.3. The molecule has 1 aromatic rings. The van der Waals surface area contributed by atoms with Crippen LogP contribution in [0.1, 0.15) is 35.6 Å². The number of hydrogen-bond acceptors (Lipinski definition) is 3. The number of thiophene rings is 1. The molecule has 0 bridgehead atoms. The summed E-state index contributed by atoms with van der Waals surface area (Å²) in [4.78, 5) is 14.4. The maximum atomic E-state index is 11.5. The molecule has 94 valence electrons. The Labute approximate surface area is 107 Å². The number of fused-ring (bicyclic) bond motifs is 1. The molecule has 0 saturated carbocycles. The Balaban J connectivity index is 1.83. The lowest BCUT2D eigenvalue weighted by atomic mass is 10.2. The SMILES string of the molecule is CCNC(=O)C(C)NCc1cc2c(s1)CCC2. The lowest BCUT2D eigenvalue weighted by molar-refractivity contribution is -0.122. The fourth-order valence-electron chi connectivity index (χ4n) is 2.15. The van der Waals surface area contributed by atoms with E-state index in [-0.39, 0.29) is 11.9 Å². The molecule has 1 unspecified atom stereocenters. The number of rotatable bonds is 5. The van der Waals surface area contributed by atoms with Gasteiger partial charge in [0.1, 0.15) is 0 Å². The Morgan fingerprint density at radius 3 is 3.06 bits per heavy atom. The molecule has 3 nitrogen and oxygen atoms in total. The molecule has 1 aliphatic carbocycles. The second kappa shape index (κ2) is 5.65. The number of carbonyl (C=O) groups is 1. The van der Waals surface area contributed by atoms with Crippen LogP contribution in [0.15, 0.2) is 6.07 Å². The number of hydrogen-bond donors (Lipinski definition) is 2. The average Bonchev–Trinajstić information content (AvgIpc) is 2.86. The Hall–Kier alpha value is -0.870. The van der Waals surface area contributed by atoms with Crippen LogP contribution in [0.4, 0.5) is 0 Å². The Bertz CT molecular complexity index is 379. The van der Waals surface area contributed by atoms with Crippen molar-refractivity contribution in [3.8, 4) is 0 Å². The molecule has 1 aromatic heterocycles. The van der Waals surface area contributed by atoms with Gasteiger partial charge < -0.3 is 10.6 Å². The zero-order valence-electron chi connectivity index (χ0n) is 10.5. The van der Waals surface area contributed by atoms with Crippen LogP contribution in [0.2, 0.25) is 0 Å². The van der Waals surface area contributed by atoms with Gasteiger partial charge in [0.25, 0.3) is 0 Å². The second-order valence-corrected chi connectivity index (χ2v) is 5.73. The van der Waals surface area contributed by atoms with Gasteiger partial charge in [0.15, 0.2) is 0 Å². The molecule has 2 N–H and O–H groups in total. The first-order valence-corrected chi connectivity index (χ1v) is 7.14. The van der Waals surface area contributed by atoms with Crippen LogP contribution in [-0.2, 0) is 24.2 Å². The normalized spacial score (nSPS) is 15.6. The van der Waals surface area contributed by atoms with Crippen LogP contribution < -0.4 is 10.6 Å². The van der Waals surface area contributed by atoms with E-state index in [0.717, 1.165) is 6.54 Å². The summed E-state index contributed by atoms with van der Waals surface area (Å²) in [5.41, 5.74) is 1.53. The van der Waals surface area contributed by atoms with Crippen LogP contribution in [0, 0.1) is 0 Å². The summed E-state index contributed by atoms with van der Waals surface area (Å²) in [7, 11) is 0. The maximum absolute atomic E-state index is 11.5. The third-order valence-electron chi connectivity index (χ3n) is 3.12. The highest BCUT2D eigenvalue weighted by Gasteiger charge is 2.16. The van der Waals surface area contributed by atoms with Gasteiger partial charge in [-0.1, -0.05) is 0 Å². The number of aryl methyl sites for hydroxylation is 2. The maximum Gasteiger partial charge on any atom is 0.236 e. The van der Waals surface area contributed by atoms with Crippen molar-refractivity contribution >= 4 is 17.2 Å². The lowest BCUT2D eigenvalue weighted by Gasteiger charge is -2.12. The quantitative estimate of drug-likeness (QED) is 0.839. The summed E-state index contributed by atoms with van der Waals surface area (Å²) >= 11 is 1.89. The molecule has 0 spiro atoms. The summed E-state index contributed by atoms with van der Waals surface area (Å²) in [6, 6.07) is 2.18. The Morgan fingerprint density at radius 2 is 2.35 bits per heavy atom. The van der Waals surface area contributed by atoms with Gasteiger partial charge in [0.2, 0.25) is 5.91 Å². The van der Waals surface area contributed by atoms with E-state index in [9.17, 15) is 4.79 Å². The lowest BCUT2D eigenvalue weighted by Crippen LogP contribution is -2.41. The Morgan fingerprint density at radius 1 is 1.53 bits per heavy atom. The largest absolute Gasteiger partial charge is 0.355 e. The minimum absolute atomic E-state index is 0.0802. The van der Waals surface area contributed by atoms with Gasteiger partial charge in [-0.3, -0.25) is 4.79 Å². The van der Waals surface area contributed by atoms with E-state index >= 15 is 0 Å². The number of amides is 1. The van der Waals surface area contributed by atoms with Gasteiger partial charge in [0.05, 0.1) is 6.04 Å². The highest BCUT2D eigenvalue weighted by Crippen LogP contribution is 2.30. The van der Waals surface area contributed by atoms with Crippen molar-refractivity contribution in [2.75, 3.05) is 6.54 Å². The molecule has 2 rings (SSSR count). The smallest absolute Gasteiger partial charge is 0.236 e. The predicted molar refractivity (Wildman–Crippen MR) is 71.3 cm³/mol. The van der Waals surface area contributed by atoms with Crippen molar-refractivity contribution in [1.29, 1.82) is 0 Å². The molecule has 0 aliphatic heterocycles. The summed E-state index contributed by atoms with van der Waals surface area (Å²) in [5.74, 6) is 0.0802. The van der Waals surface area contributed by atoms with E-state index in [4.69, 9.17) is 0 Å². The topological polar surface area (TPSA) is 41.1 Å². The second-order valence-electron chi connectivity index (χ2n) is 4.51. The van der Waals surface area contributed by atoms with Gasteiger partial charge in [-0.25, -0.2) is 0 Å². The highest BCUT2D eigenvalue weighted by molar-refractivity contribution is 7.12. The van der Waals surface area contributed by atoms with Crippen LogP contribution in [0.3, 0.4) is 0 Å². The van der Waals surface area contributed by atoms with E-state index in [2.05, 4.69) is 16.7 Å². The van der Waals surface area contributed by atoms with Crippen LogP contribution in [-0.4, -0.2) is 18.5 Å². The molecule has 1 amide bonds. The average molecular weight is 252 g/mol. The molecule has 0 fully saturated rings. The fraction of sp³-hybridized carbons (Fsp3) is 0.615. The van der Waals surface area contributed by atoms with E-state index in [1.54, 1.807) is 4.88 Å². The molecule has 0 saturated heterocycles. The molecule has 0 aromatic carbocycles. The standard InChI is InChI=1S/C13H20N2OS/c1-3-14-13(16)9(2)15-8-11-7-10-5-4-6-12(10)17-11/h7,9,15H,3-6,8H2,1-2H3,(H,14,16). The number of likely N-dealkylation sites (N-methyl/N-ethyl adjacent to an activating group) is 1. The highest BCUT2D eigenvalue weighted by atomic mass is 32.1. The molecule has 1 heterocycles. The van der Waals surface area contributed by atoms with Crippen LogP contribution in [0.25, 0.3) is 0 Å². The molecule has 17 heavy (non-hydrogen) atoms.